The van der Waals surface area contributed by atoms with Crippen LogP contribution in [0.4, 0.5) is 0 Å². The quantitative estimate of drug-likeness (QED) is 0.393. The fourth-order valence-corrected chi connectivity index (χ4v) is 0.699. The average Bonchev–Trinajstić information content (AvgIpc) is 2.05. The second-order valence-corrected chi connectivity index (χ2v) is 2.11. The molecule has 0 heterocycles. The zero-order valence-electron chi connectivity index (χ0n) is 7.30. The number of nitrogens with two attached hydrogens (primary N) is 1. The fourth-order valence-electron chi connectivity index (χ4n) is 0.699. The van der Waals surface area contributed by atoms with Gasteiger partial charge in [0.05, 0.1) is 6.61 Å². The molecule has 0 fully saturated rings. The van der Waals surface area contributed by atoms with E-state index in [1.165, 1.54) is 0 Å². The Bertz CT molecular complexity index is 76.8. The van der Waals surface area contributed by atoms with Gasteiger partial charge in [-0.3, -0.25) is 5.32 Å². The van der Waals surface area contributed by atoms with Crippen LogP contribution in [0.25, 0.3) is 0 Å². The maximum Gasteiger partial charge on any atom is 0.120 e. The summed E-state index contributed by atoms with van der Waals surface area (Å²) >= 11 is 0. The molecule has 0 aliphatic carbocycles. The summed E-state index contributed by atoms with van der Waals surface area (Å²) < 4.78 is 10.1. The molecule has 11 heavy (non-hydrogen) atoms. The van der Waals surface area contributed by atoms with Crippen molar-refractivity contribution in [2.24, 2.45) is 5.73 Å². The molecule has 0 aromatic carbocycles. The van der Waals surface area contributed by atoms with Gasteiger partial charge in [-0.05, 0) is 6.92 Å². The van der Waals surface area contributed by atoms with Gasteiger partial charge in [-0.25, -0.2) is 0 Å². The maximum atomic E-state index is 5.37. The number of rotatable bonds is 7. The molecule has 0 aliphatic heterocycles. The first-order valence-corrected chi connectivity index (χ1v) is 3.89. The molecule has 0 spiro atoms. The van der Waals surface area contributed by atoms with Gasteiger partial charge in [0, 0.05) is 26.8 Å². The lowest BCUT2D eigenvalue weighted by Crippen LogP contribution is -2.39. The minimum Gasteiger partial charge on any atom is -0.380 e. The van der Waals surface area contributed by atoms with Crippen LogP contribution >= 0.6 is 0 Å². The van der Waals surface area contributed by atoms with E-state index in [-0.39, 0.29) is 6.23 Å². The topological polar surface area (TPSA) is 56.5 Å². The minimum atomic E-state index is -0.0459. The molecule has 0 amide bonds. The predicted octanol–water partition coefficient (Wildman–Crippen LogP) is -0.456. The Hall–Kier alpha value is -0.160. The van der Waals surface area contributed by atoms with E-state index in [1.54, 1.807) is 7.11 Å². The van der Waals surface area contributed by atoms with Crippen molar-refractivity contribution in [3.8, 4) is 0 Å². The minimum absolute atomic E-state index is 0.0459. The predicted molar refractivity (Wildman–Crippen MR) is 44.3 cm³/mol. The van der Waals surface area contributed by atoms with Crippen molar-refractivity contribution in [2.75, 3.05) is 33.4 Å². The molecule has 0 aromatic rings. The van der Waals surface area contributed by atoms with E-state index >= 15 is 0 Å². The third kappa shape index (κ3) is 6.25. The highest BCUT2D eigenvalue weighted by molar-refractivity contribution is 4.54. The molecule has 0 saturated carbocycles. The van der Waals surface area contributed by atoms with Gasteiger partial charge in [0.25, 0.3) is 0 Å². The Morgan fingerprint density at radius 3 is 2.73 bits per heavy atom. The van der Waals surface area contributed by atoms with Crippen molar-refractivity contribution in [3.63, 3.8) is 0 Å². The van der Waals surface area contributed by atoms with Gasteiger partial charge in [-0.2, -0.15) is 0 Å². The van der Waals surface area contributed by atoms with Gasteiger partial charge in [0.2, 0.25) is 0 Å². The first-order valence-electron chi connectivity index (χ1n) is 3.89. The average molecular weight is 162 g/mol. The Kier molecular flexibility index (Phi) is 7.83. The molecule has 0 aromatic heterocycles. The van der Waals surface area contributed by atoms with Gasteiger partial charge in [-0.1, -0.05) is 0 Å². The van der Waals surface area contributed by atoms with Gasteiger partial charge < -0.3 is 15.2 Å². The van der Waals surface area contributed by atoms with Crippen molar-refractivity contribution >= 4 is 0 Å². The van der Waals surface area contributed by atoms with Crippen molar-refractivity contribution in [3.05, 3.63) is 0 Å². The molecule has 4 nitrogen and oxygen atoms in total. The Balaban J connectivity index is 3.07. The number of hydrogen-bond donors (Lipinski definition) is 2. The lowest BCUT2D eigenvalue weighted by Gasteiger charge is -2.14. The summed E-state index contributed by atoms with van der Waals surface area (Å²) in [5.74, 6) is 0. The van der Waals surface area contributed by atoms with E-state index in [2.05, 4.69) is 5.32 Å². The highest BCUT2D eigenvalue weighted by atomic mass is 16.5. The second kappa shape index (κ2) is 7.94. The summed E-state index contributed by atoms with van der Waals surface area (Å²) in [6.07, 6.45) is -0.0459. The first-order chi connectivity index (χ1) is 5.35. The molecule has 0 radical (unpaired) electrons. The van der Waals surface area contributed by atoms with Gasteiger partial charge in [0.15, 0.2) is 0 Å². The highest BCUT2D eigenvalue weighted by Crippen LogP contribution is 1.79. The van der Waals surface area contributed by atoms with Crippen molar-refractivity contribution in [1.29, 1.82) is 0 Å². The Morgan fingerprint density at radius 1 is 1.55 bits per heavy atom. The van der Waals surface area contributed by atoms with Crippen LogP contribution in [-0.4, -0.2) is 39.6 Å². The highest BCUT2D eigenvalue weighted by Gasteiger charge is 2.00. The third-order valence-electron chi connectivity index (χ3n) is 1.32. The number of nitrogens with one attached hydrogen (secondary N) is 1. The lowest BCUT2D eigenvalue weighted by atomic mass is 10.5. The monoisotopic (exact) mass is 162 g/mol. The van der Waals surface area contributed by atoms with Gasteiger partial charge >= 0.3 is 0 Å². The molecule has 4 heteroatoms. The first kappa shape index (κ1) is 10.8. The second-order valence-electron chi connectivity index (χ2n) is 2.11. The van der Waals surface area contributed by atoms with Crippen LogP contribution in [0, 0.1) is 0 Å². The van der Waals surface area contributed by atoms with E-state index in [1.807, 2.05) is 6.92 Å². The molecule has 3 N–H and O–H groups in total. The molecular formula is C7H18N2O2. The Labute approximate surface area is 68.0 Å². The molecule has 1 atom stereocenters. The number of hydrogen-bond acceptors (Lipinski definition) is 4. The van der Waals surface area contributed by atoms with E-state index in [4.69, 9.17) is 15.2 Å². The Morgan fingerprint density at radius 2 is 2.27 bits per heavy atom. The molecule has 0 bridgehead atoms. The van der Waals surface area contributed by atoms with Crippen molar-refractivity contribution < 1.29 is 9.47 Å². The molecular weight excluding hydrogens is 144 g/mol. The summed E-state index contributed by atoms with van der Waals surface area (Å²) in [5, 5.41) is 3.08. The largest absolute Gasteiger partial charge is 0.380 e. The van der Waals surface area contributed by atoms with Crippen LogP contribution in [0.15, 0.2) is 0 Å². The third-order valence-corrected chi connectivity index (χ3v) is 1.32. The molecule has 68 valence electrons. The van der Waals surface area contributed by atoms with Crippen LogP contribution in [0.5, 0.6) is 0 Å². The van der Waals surface area contributed by atoms with Crippen molar-refractivity contribution in [1.82, 2.24) is 5.32 Å². The van der Waals surface area contributed by atoms with Crippen molar-refractivity contribution in [2.45, 2.75) is 13.2 Å². The normalized spacial score (nSPS) is 13.4. The van der Waals surface area contributed by atoms with Crippen LogP contribution in [0.3, 0.4) is 0 Å². The summed E-state index contributed by atoms with van der Waals surface area (Å²) in [7, 11) is 1.63. The SMILES string of the molecule is CCOCCNC(CN)OC. The van der Waals surface area contributed by atoms with E-state index < -0.39 is 0 Å². The molecule has 0 rings (SSSR count). The van der Waals surface area contributed by atoms with E-state index in [0.29, 0.717) is 13.2 Å². The summed E-state index contributed by atoms with van der Waals surface area (Å²) in [4.78, 5) is 0. The van der Waals surface area contributed by atoms with Crippen LogP contribution < -0.4 is 11.1 Å². The zero-order valence-corrected chi connectivity index (χ0v) is 7.30. The summed E-state index contributed by atoms with van der Waals surface area (Å²) in [5.41, 5.74) is 5.37. The van der Waals surface area contributed by atoms with E-state index in [0.717, 1.165) is 13.2 Å². The van der Waals surface area contributed by atoms with Crippen LogP contribution in [-0.2, 0) is 9.47 Å². The fraction of sp³-hybridized carbons (Fsp3) is 1.00. The maximum absolute atomic E-state index is 5.37. The van der Waals surface area contributed by atoms with Crippen LogP contribution in [0.1, 0.15) is 6.92 Å². The van der Waals surface area contributed by atoms with E-state index in [9.17, 15) is 0 Å². The lowest BCUT2D eigenvalue weighted by molar-refractivity contribution is 0.0675. The summed E-state index contributed by atoms with van der Waals surface area (Å²) in [6.45, 7) is 4.70. The number of methoxy groups -OCH3 is 1. The molecule has 0 aliphatic rings. The molecule has 0 saturated heterocycles. The smallest absolute Gasteiger partial charge is 0.120 e. The zero-order chi connectivity index (χ0) is 8.53. The standard InChI is InChI=1S/C7H18N2O2/c1-3-11-5-4-9-7(6-8)10-2/h7,9H,3-6,8H2,1-2H3. The summed E-state index contributed by atoms with van der Waals surface area (Å²) in [6, 6.07) is 0. The number of ether oxygens (including phenoxy) is 2. The van der Waals surface area contributed by atoms with Crippen LogP contribution in [0.2, 0.25) is 0 Å². The molecule has 1 unspecified atom stereocenters. The van der Waals surface area contributed by atoms with Gasteiger partial charge in [0.1, 0.15) is 6.23 Å². The van der Waals surface area contributed by atoms with Gasteiger partial charge in [-0.15, -0.1) is 0 Å².